The number of rotatable bonds is 4. The molecule has 0 aliphatic heterocycles. The van der Waals surface area contributed by atoms with Crippen molar-refractivity contribution in [3.8, 4) is 39.5 Å². The van der Waals surface area contributed by atoms with Crippen molar-refractivity contribution >= 4 is 65.0 Å². The summed E-state index contributed by atoms with van der Waals surface area (Å²) in [6.07, 6.45) is 3.85. The highest BCUT2D eigenvalue weighted by molar-refractivity contribution is 6.33. The molecular weight excluding hydrogens is 645 g/mol. The fourth-order valence-corrected chi connectivity index (χ4v) is 8.27. The van der Waals surface area contributed by atoms with E-state index in [-0.39, 0.29) is 0 Å². The maximum absolute atomic E-state index is 5.34. The first-order valence-electron chi connectivity index (χ1n) is 17.9. The smallest absolute Gasteiger partial charge is 0.159 e. The summed E-state index contributed by atoms with van der Waals surface area (Å²) in [7, 11) is 0. The van der Waals surface area contributed by atoms with Crippen LogP contribution < -0.4 is 0 Å². The van der Waals surface area contributed by atoms with E-state index in [1.165, 1.54) is 48.7 Å². The molecule has 246 valence electrons. The topological polar surface area (TPSA) is 43.6 Å². The van der Waals surface area contributed by atoms with Gasteiger partial charge >= 0.3 is 0 Å². The van der Waals surface area contributed by atoms with E-state index in [1.54, 1.807) is 0 Å². The molecule has 0 unspecified atom stereocenters. The Labute approximate surface area is 305 Å². The maximum Gasteiger partial charge on any atom is 0.159 e. The second kappa shape index (κ2) is 11.7. The predicted octanol–water partition coefficient (Wildman–Crippen LogP) is 12.6. The zero-order valence-corrected chi connectivity index (χ0v) is 28.6. The fraction of sp³-hybridized carbons (Fsp3) is 0. The largest absolute Gasteiger partial charge is 0.309 e. The van der Waals surface area contributed by atoms with Crippen molar-refractivity contribution in [3.05, 3.63) is 182 Å². The minimum atomic E-state index is 0.679. The number of para-hydroxylation sites is 3. The number of pyridine rings is 1. The lowest BCUT2D eigenvalue weighted by Gasteiger charge is -2.16. The van der Waals surface area contributed by atoms with Crippen LogP contribution in [0.2, 0.25) is 0 Å². The second-order valence-corrected chi connectivity index (χ2v) is 13.6. The highest BCUT2D eigenvalue weighted by atomic mass is 15.0. The van der Waals surface area contributed by atoms with Gasteiger partial charge in [0.1, 0.15) is 0 Å². The third kappa shape index (κ3) is 4.59. The zero-order chi connectivity index (χ0) is 34.9. The zero-order valence-electron chi connectivity index (χ0n) is 28.6. The number of aromatic nitrogens is 4. The van der Waals surface area contributed by atoms with Crippen LogP contribution in [-0.2, 0) is 0 Å². The molecule has 0 aliphatic rings. The Morgan fingerprint density at radius 3 is 1.55 bits per heavy atom. The average molecular weight is 675 g/mol. The van der Waals surface area contributed by atoms with Crippen LogP contribution in [0.5, 0.6) is 0 Å². The molecule has 0 bridgehead atoms. The van der Waals surface area contributed by atoms with Crippen molar-refractivity contribution in [1.82, 2.24) is 19.5 Å². The van der Waals surface area contributed by atoms with E-state index in [2.05, 4.69) is 174 Å². The number of fused-ring (bicyclic) bond motifs is 11. The van der Waals surface area contributed by atoms with Gasteiger partial charge < -0.3 is 4.57 Å². The van der Waals surface area contributed by atoms with E-state index < -0.39 is 0 Å². The van der Waals surface area contributed by atoms with E-state index in [1.807, 2.05) is 12.4 Å². The van der Waals surface area contributed by atoms with Crippen LogP contribution in [-0.4, -0.2) is 19.5 Å². The molecule has 0 saturated heterocycles. The molecule has 4 heteroatoms. The summed E-state index contributed by atoms with van der Waals surface area (Å²) in [6.45, 7) is 0. The molecule has 0 fully saturated rings. The Bertz CT molecular complexity index is 3160. The molecule has 8 aromatic carbocycles. The monoisotopic (exact) mass is 674 g/mol. The highest BCUT2D eigenvalue weighted by Gasteiger charge is 2.18. The van der Waals surface area contributed by atoms with Gasteiger partial charge in [0.2, 0.25) is 0 Å². The van der Waals surface area contributed by atoms with Gasteiger partial charge in [-0.3, -0.25) is 0 Å². The number of hydrogen-bond donors (Lipinski definition) is 0. The first-order chi connectivity index (χ1) is 26.3. The summed E-state index contributed by atoms with van der Waals surface area (Å²) in [4.78, 5) is 15.1. The third-order valence-corrected chi connectivity index (χ3v) is 10.7. The van der Waals surface area contributed by atoms with Crippen molar-refractivity contribution in [2.75, 3.05) is 0 Å². The molecule has 11 rings (SSSR count). The molecule has 3 aromatic heterocycles. The quantitative estimate of drug-likeness (QED) is 0.175. The predicted molar refractivity (Wildman–Crippen MR) is 220 cm³/mol. The van der Waals surface area contributed by atoms with Gasteiger partial charge in [-0.1, -0.05) is 133 Å². The van der Waals surface area contributed by atoms with Crippen molar-refractivity contribution < 1.29 is 0 Å². The van der Waals surface area contributed by atoms with Gasteiger partial charge in [-0.15, -0.1) is 0 Å². The molecule has 53 heavy (non-hydrogen) atoms. The van der Waals surface area contributed by atoms with Gasteiger partial charge in [0.05, 0.1) is 22.2 Å². The van der Waals surface area contributed by atoms with E-state index in [9.17, 15) is 0 Å². The van der Waals surface area contributed by atoms with E-state index in [0.717, 1.165) is 49.9 Å². The molecular formula is C49H30N4. The van der Waals surface area contributed by atoms with Crippen LogP contribution >= 0.6 is 0 Å². The van der Waals surface area contributed by atoms with Crippen molar-refractivity contribution in [2.24, 2.45) is 0 Å². The third-order valence-electron chi connectivity index (χ3n) is 10.7. The Hall–Kier alpha value is -7.17. The van der Waals surface area contributed by atoms with Crippen LogP contribution in [0.15, 0.2) is 182 Å². The van der Waals surface area contributed by atoms with Gasteiger partial charge in [0.15, 0.2) is 5.82 Å². The SMILES string of the molecule is c1cc(-c2ncc(-c3ccc(-n4c5ccccc5c5ccccc54)cc3)cn2)cc(-c2nc3ccccc3c3c4ccccc4c4ccccc4c23)c1. The van der Waals surface area contributed by atoms with Crippen LogP contribution in [0.3, 0.4) is 0 Å². The summed E-state index contributed by atoms with van der Waals surface area (Å²) in [5.74, 6) is 0.679. The number of nitrogens with zero attached hydrogens (tertiary/aromatic N) is 4. The van der Waals surface area contributed by atoms with Crippen LogP contribution in [0, 0.1) is 0 Å². The minimum Gasteiger partial charge on any atom is -0.309 e. The molecule has 0 amide bonds. The Balaban J connectivity index is 0.994. The van der Waals surface area contributed by atoms with Crippen molar-refractivity contribution in [2.45, 2.75) is 0 Å². The summed E-state index contributed by atoms with van der Waals surface area (Å²) in [5, 5.41) is 11.0. The first kappa shape index (κ1) is 29.5. The number of benzene rings is 8. The Kier molecular flexibility index (Phi) is 6.52. The average Bonchev–Trinajstić information content (AvgIpc) is 3.58. The van der Waals surface area contributed by atoms with Crippen LogP contribution in [0.25, 0.3) is 104 Å². The van der Waals surface area contributed by atoms with E-state index in [0.29, 0.717) is 5.82 Å². The molecule has 0 saturated carbocycles. The van der Waals surface area contributed by atoms with Gasteiger partial charge in [-0.25, -0.2) is 15.0 Å². The van der Waals surface area contributed by atoms with E-state index >= 15 is 0 Å². The minimum absolute atomic E-state index is 0.679. The van der Waals surface area contributed by atoms with Gasteiger partial charge in [0, 0.05) is 61.7 Å². The summed E-state index contributed by atoms with van der Waals surface area (Å²) < 4.78 is 2.33. The highest BCUT2D eigenvalue weighted by Crippen LogP contribution is 2.43. The molecule has 0 N–H and O–H groups in total. The normalized spacial score (nSPS) is 11.8. The molecule has 0 atom stereocenters. The lowest BCUT2D eigenvalue weighted by Crippen LogP contribution is -1.95. The Morgan fingerprint density at radius 2 is 0.887 bits per heavy atom. The second-order valence-electron chi connectivity index (χ2n) is 13.6. The van der Waals surface area contributed by atoms with Gasteiger partial charge in [-0.2, -0.15) is 0 Å². The van der Waals surface area contributed by atoms with E-state index in [4.69, 9.17) is 15.0 Å². The molecule has 4 nitrogen and oxygen atoms in total. The van der Waals surface area contributed by atoms with Crippen molar-refractivity contribution in [1.29, 1.82) is 0 Å². The Morgan fingerprint density at radius 1 is 0.358 bits per heavy atom. The molecule has 3 heterocycles. The summed E-state index contributed by atoms with van der Waals surface area (Å²) >= 11 is 0. The molecule has 0 aliphatic carbocycles. The first-order valence-corrected chi connectivity index (χ1v) is 17.9. The standard InChI is InChI=1S/C49H30N4/c1-3-18-40-36(14-1)37-15-2-4-19-41(37)47-46(40)42-20-5-8-21-43(42)52-48(47)32-12-11-13-33(28-32)49-50-29-34(30-51-49)31-24-26-35(27-25-31)53-44-22-9-6-16-38(44)39-17-7-10-23-45(39)53/h1-30H. The molecule has 11 aromatic rings. The fourth-order valence-electron chi connectivity index (χ4n) is 8.27. The lowest BCUT2D eigenvalue weighted by molar-refractivity contribution is 1.17. The lowest BCUT2D eigenvalue weighted by atomic mass is 9.90. The van der Waals surface area contributed by atoms with Crippen LogP contribution in [0.4, 0.5) is 0 Å². The number of hydrogen-bond acceptors (Lipinski definition) is 3. The van der Waals surface area contributed by atoms with Gasteiger partial charge in [0.25, 0.3) is 0 Å². The van der Waals surface area contributed by atoms with Crippen molar-refractivity contribution in [3.63, 3.8) is 0 Å². The summed E-state index contributed by atoms with van der Waals surface area (Å²) in [5.41, 5.74) is 9.48. The van der Waals surface area contributed by atoms with Gasteiger partial charge in [-0.05, 0) is 63.5 Å². The molecule has 0 radical (unpaired) electrons. The van der Waals surface area contributed by atoms with Crippen LogP contribution in [0.1, 0.15) is 0 Å². The summed E-state index contributed by atoms with van der Waals surface area (Å²) in [6, 6.07) is 60.2. The molecule has 0 spiro atoms. The maximum atomic E-state index is 5.34.